The SMILES string of the molecule is CCC1CCCC(N[C@H](C)c2ccc(OC)cc2)CC1. The standard InChI is InChI=1S/C18H29NO/c1-4-15-6-5-7-17(11-8-15)19-14(2)16-9-12-18(20-3)13-10-16/h9-10,12-15,17,19H,4-8,11H2,1-3H3/t14-,15?,17?/m1/s1. The van der Waals surface area contributed by atoms with E-state index in [1.165, 1.54) is 44.1 Å². The summed E-state index contributed by atoms with van der Waals surface area (Å²) in [6.07, 6.45) is 8.21. The van der Waals surface area contributed by atoms with Gasteiger partial charge in [-0.05, 0) is 49.8 Å². The molecule has 0 saturated heterocycles. The summed E-state index contributed by atoms with van der Waals surface area (Å²) in [6.45, 7) is 4.60. The van der Waals surface area contributed by atoms with Gasteiger partial charge in [-0.2, -0.15) is 0 Å². The van der Waals surface area contributed by atoms with Crippen LogP contribution in [0.3, 0.4) is 0 Å². The van der Waals surface area contributed by atoms with Gasteiger partial charge in [-0.3, -0.25) is 0 Å². The minimum absolute atomic E-state index is 0.420. The van der Waals surface area contributed by atoms with Crippen molar-refractivity contribution < 1.29 is 4.74 Å². The molecule has 0 spiro atoms. The number of rotatable bonds is 5. The van der Waals surface area contributed by atoms with E-state index in [0.717, 1.165) is 11.7 Å². The first-order chi connectivity index (χ1) is 9.72. The summed E-state index contributed by atoms with van der Waals surface area (Å²) >= 11 is 0. The van der Waals surface area contributed by atoms with Crippen molar-refractivity contribution >= 4 is 0 Å². The first-order valence-corrected chi connectivity index (χ1v) is 8.13. The molecule has 0 aromatic heterocycles. The highest BCUT2D eigenvalue weighted by Crippen LogP contribution is 2.27. The topological polar surface area (TPSA) is 21.3 Å². The van der Waals surface area contributed by atoms with Crippen LogP contribution in [0.5, 0.6) is 5.75 Å². The fourth-order valence-corrected chi connectivity index (χ4v) is 3.30. The molecule has 2 unspecified atom stereocenters. The molecular formula is C18H29NO. The monoisotopic (exact) mass is 275 g/mol. The summed E-state index contributed by atoms with van der Waals surface area (Å²) < 4.78 is 5.22. The Kier molecular flexibility index (Phi) is 5.90. The molecule has 2 rings (SSSR count). The predicted octanol–water partition coefficient (Wildman–Crippen LogP) is 4.70. The highest BCUT2D eigenvalue weighted by atomic mass is 16.5. The molecule has 20 heavy (non-hydrogen) atoms. The van der Waals surface area contributed by atoms with Crippen molar-refractivity contribution in [2.24, 2.45) is 5.92 Å². The molecule has 0 aliphatic heterocycles. The van der Waals surface area contributed by atoms with Gasteiger partial charge in [0.2, 0.25) is 0 Å². The van der Waals surface area contributed by atoms with Crippen LogP contribution in [0.4, 0.5) is 0 Å². The number of hydrogen-bond acceptors (Lipinski definition) is 2. The average Bonchev–Trinajstić information content (AvgIpc) is 2.72. The Bertz CT molecular complexity index is 387. The van der Waals surface area contributed by atoms with Crippen molar-refractivity contribution in [2.45, 2.75) is 64.5 Å². The van der Waals surface area contributed by atoms with Crippen molar-refractivity contribution in [2.75, 3.05) is 7.11 Å². The van der Waals surface area contributed by atoms with Gasteiger partial charge in [-0.1, -0.05) is 38.3 Å². The quantitative estimate of drug-likeness (QED) is 0.786. The van der Waals surface area contributed by atoms with Gasteiger partial charge in [0, 0.05) is 12.1 Å². The van der Waals surface area contributed by atoms with E-state index >= 15 is 0 Å². The summed E-state index contributed by atoms with van der Waals surface area (Å²) in [5.41, 5.74) is 1.35. The van der Waals surface area contributed by atoms with E-state index in [1.807, 2.05) is 12.1 Å². The largest absolute Gasteiger partial charge is 0.497 e. The van der Waals surface area contributed by atoms with E-state index in [-0.39, 0.29) is 0 Å². The van der Waals surface area contributed by atoms with Crippen LogP contribution in [0, 0.1) is 5.92 Å². The maximum Gasteiger partial charge on any atom is 0.118 e. The van der Waals surface area contributed by atoms with Crippen LogP contribution in [0.2, 0.25) is 0 Å². The smallest absolute Gasteiger partial charge is 0.118 e. The number of ether oxygens (including phenoxy) is 1. The van der Waals surface area contributed by atoms with Crippen LogP contribution in [0.25, 0.3) is 0 Å². The third kappa shape index (κ3) is 4.24. The molecule has 0 heterocycles. The van der Waals surface area contributed by atoms with Crippen molar-refractivity contribution in [3.8, 4) is 5.75 Å². The lowest BCUT2D eigenvalue weighted by molar-refractivity contribution is 0.398. The van der Waals surface area contributed by atoms with Crippen LogP contribution < -0.4 is 10.1 Å². The van der Waals surface area contributed by atoms with Crippen LogP contribution in [0.15, 0.2) is 24.3 Å². The van der Waals surface area contributed by atoms with Gasteiger partial charge in [0.15, 0.2) is 0 Å². The first kappa shape index (κ1) is 15.4. The van der Waals surface area contributed by atoms with Gasteiger partial charge in [-0.15, -0.1) is 0 Å². The van der Waals surface area contributed by atoms with Crippen LogP contribution in [-0.2, 0) is 0 Å². The van der Waals surface area contributed by atoms with Crippen LogP contribution in [0.1, 0.15) is 64.0 Å². The molecule has 1 aromatic carbocycles. The summed E-state index contributed by atoms with van der Waals surface area (Å²) in [5, 5.41) is 3.82. The summed E-state index contributed by atoms with van der Waals surface area (Å²) in [5.74, 6) is 1.89. The van der Waals surface area contributed by atoms with Crippen molar-refractivity contribution in [3.63, 3.8) is 0 Å². The van der Waals surface area contributed by atoms with E-state index in [1.54, 1.807) is 7.11 Å². The Morgan fingerprint density at radius 2 is 1.90 bits per heavy atom. The van der Waals surface area contributed by atoms with Crippen LogP contribution in [-0.4, -0.2) is 13.2 Å². The van der Waals surface area contributed by atoms with E-state index in [4.69, 9.17) is 4.74 Å². The highest BCUT2D eigenvalue weighted by molar-refractivity contribution is 5.28. The Morgan fingerprint density at radius 1 is 1.15 bits per heavy atom. The molecule has 112 valence electrons. The molecule has 0 amide bonds. The third-order valence-corrected chi connectivity index (χ3v) is 4.77. The van der Waals surface area contributed by atoms with E-state index in [2.05, 4.69) is 31.3 Å². The molecule has 1 aliphatic carbocycles. The summed E-state index contributed by atoms with van der Waals surface area (Å²) in [7, 11) is 1.71. The fourth-order valence-electron chi connectivity index (χ4n) is 3.30. The zero-order valence-electron chi connectivity index (χ0n) is 13.2. The molecule has 0 radical (unpaired) electrons. The maximum absolute atomic E-state index is 5.22. The number of methoxy groups -OCH3 is 1. The number of hydrogen-bond donors (Lipinski definition) is 1. The van der Waals surface area contributed by atoms with Gasteiger partial charge in [-0.25, -0.2) is 0 Å². The minimum Gasteiger partial charge on any atom is -0.497 e. The second kappa shape index (κ2) is 7.68. The molecule has 1 N–H and O–H groups in total. The van der Waals surface area contributed by atoms with Crippen LogP contribution >= 0.6 is 0 Å². The van der Waals surface area contributed by atoms with Crippen molar-refractivity contribution in [3.05, 3.63) is 29.8 Å². The lowest BCUT2D eigenvalue weighted by Crippen LogP contribution is -2.31. The van der Waals surface area contributed by atoms with Gasteiger partial charge < -0.3 is 10.1 Å². The molecule has 0 bridgehead atoms. The van der Waals surface area contributed by atoms with Gasteiger partial charge in [0.05, 0.1) is 7.11 Å². The zero-order valence-corrected chi connectivity index (χ0v) is 13.2. The molecule has 1 saturated carbocycles. The second-order valence-electron chi connectivity index (χ2n) is 6.14. The minimum atomic E-state index is 0.420. The maximum atomic E-state index is 5.22. The van der Waals surface area contributed by atoms with E-state index < -0.39 is 0 Å². The Balaban J connectivity index is 1.88. The molecule has 3 atom stereocenters. The highest BCUT2D eigenvalue weighted by Gasteiger charge is 2.19. The fraction of sp³-hybridized carbons (Fsp3) is 0.667. The van der Waals surface area contributed by atoms with Crippen molar-refractivity contribution in [1.82, 2.24) is 5.32 Å². The normalized spacial score (nSPS) is 24.9. The van der Waals surface area contributed by atoms with Crippen molar-refractivity contribution in [1.29, 1.82) is 0 Å². The number of nitrogens with one attached hydrogen (secondary N) is 1. The number of benzene rings is 1. The van der Waals surface area contributed by atoms with E-state index in [0.29, 0.717) is 12.1 Å². The average molecular weight is 275 g/mol. The Morgan fingerprint density at radius 3 is 2.55 bits per heavy atom. The summed E-state index contributed by atoms with van der Waals surface area (Å²) in [4.78, 5) is 0. The molecule has 2 heteroatoms. The lowest BCUT2D eigenvalue weighted by Gasteiger charge is -2.22. The molecule has 1 aliphatic rings. The lowest BCUT2D eigenvalue weighted by atomic mass is 9.97. The second-order valence-corrected chi connectivity index (χ2v) is 6.14. The van der Waals surface area contributed by atoms with E-state index in [9.17, 15) is 0 Å². The predicted molar refractivity (Wildman–Crippen MR) is 85.2 cm³/mol. The van der Waals surface area contributed by atoms with Gasteiger partial charge >= 0.3 is 0 Å². The summed E-state index contributed by atoms with van der Waals surface area (Å²) in [6, 6.07) is 9.54. The first-order valence-electron chi connectivity index (χ1n) is 8.13. The third-order valence-electron chi connectivity index (χ3n) is 4.77. The Hall–Kier alpha value is -1.02. The van der Waals surface area contributed by atoms with Gasteiger partial charge in [0.1, 0.15) is 5.75 Å². The molecule has 1 aromatic rings. The Labute approximate surface area is 123 Å². The zero-order chi connectivity index (χ0) is 14.4. The van der Waals surface area contributed by atoms with Gasteiger partial charge in [0.25, 0.3) is 0 Å². The molecule has 1 fully saturated rings. The molecular weight excluding hydrogens is 246 g/mol. The molecule has 2 nitrogen and oxygen atoms in total.